The van der Waals surface area contributed by atoms with Gasteiger partial charge in [-0.25, -0.2) is 0 Å². The monoisotopic (exact) mass is 298 g/mol. The fraction of sp³-hybridized carbons (Fsp3) is 0.938. The first kappa shape index (κ1) is 18.2. The van der Waals surface area contributed by atoms with Crippen LogP contribution in [0, 0.1) is 0 Å². The number of guanidine groups is 1. The van der Waals surface area contributed by atoms with Crippen molar-refractivity contribution in [2.24, 2.45) is 4.99 Å². The summed E-state index contributed by atoms with van der Waals surface area (Å²) in [4.78, 5) is 9.42. The molecule has 5 nitrogen and oxygen atoms in total. The van der Waals surface area contributed by atoms with Gasteiger partial charge >= 0.3 is 0 Å². The maximum absolute atomic E-state index is 9.65. The lowest BCUT2D eigenvalue weighted by atomic mass is 10.3. The third kappa shape index (κ3) is 7.14. The third-order valence-corrected chi connectivity index (χ3v) is 3.77. The van der Waals surface area contributed by atoms with E-state index in [1.165, 1.54) is 25.9 Å². The number of hydrogen-bond acceptors (Lipinski definition) is 3. The molecule has 1 rings (SSSR count). The van der Waals surface area contributed by atoms with Crippen LogP contribution in [0.2, 0.25) is 0 Å². The van der Waals surface area contributed by atoms with E-state index in [1.807, 2.05) is 0 Å². The zero-order chi connectivity index (χ0) is 15.5. The highest BCUT2D eigenvalue weighted by Gasteiger charge is 2.22. The van der Waals surface area contributed by atoms with Crippen LogP contribution >= 0.6 is 0 Å². The molecule has 0 spiro atoms. The molecular weight excluding hydrogens is 264 g/mol. The van der Waals surface area contributed by atoms with Gasteiger partial charge in [-0.1, -0.05) is 13.8 Å². The van der Waals surface area contributed by atoms with Gasteiger partial charge in [0.15, 0.2) is 5.96 Å². The molecule has 0 unspecified atom stereocenters. The maximum Gasteiger partial charge on any atom is 0.194 e. The lowest BCUT2D eigenvalue weighted by Gasteiger charge is -2.22. The Bertz CT molecular complexity index is 290. The van der Waals surface area contributed by atoms with Crippen LogP contribution in [-0.4, -0.2) is 72.8 Å². The van der Waals surface area contributed by atoms with Crippen molar-refractivity contribution in [1.29, 1.82) is 0 Å². The van der Waals surface area contributed by atoms with Crippen LogP contribution in [0.3, 0.4) is 0 Å². The Morgan fingerprint density at radius 3 is 2.48 bits per heavy atom. The summed E-state index contributed by atoms with van der Waals surface area (Å²) in [5.41, 5.74) is 0. The maximum atomic E-state index is 9.65. The third-order valence-electron chi connectivity index (χ3n) is 3.77. The van der Waals surface area contributed by atoms with E-state index in [2.05, 4.69) is 35.9 Å². The Balaban J connectivity index is 2.36. The lowest BCUT2D eigenvalue weighted by Crippen LogP contribution is -2.40. The van der Waals surface area contributed by atoms with Crippen molar-refractivity contribution in [3.8, 4) is 0 Å². The van der Waals surface area contributed by atoms with E-state index in [4.69, 9.17) is 4.99 Å². The van der Waals surface area contributed by atoms with E-state index >= 15 is 0 Å². The highest BCUT2D eigenvalue weighted by Crippen LogP contribution is 2.08. The minimum absolute atomic E-state index is 0.196. The number of aliphatic hydroxyl groups is 1. The van der Waals surface area contributed by atoms with Crippen LogP contribution in [-0.2, 0) is 0 Å². The summed E-state index contributed by atoms with van der Waals surface area (Å²) >= 11 is 0. The van der Waals surface area contributed by atoms with Crippen molar-refractivity contribution in [2.45, 2.75) is 52.6 Å². The fourth-order valence-electron chi connectivity index (χ4n) is 2.81. The Kier molecular flexibility index (Phi) is 9.42. The molecule has 0 bridgehead atoms. The van der Waals surface area contributed by atoms with Crippen molar-refractivity contribution in [2.75, 3.05) is 45.8 Å². The summed E-state index contributed by atoms with van der Waals surface area (Å²) in [6.07, 6.45) is 4.20. The Morgan fingerprint density at radius 2 is 1.95 bits per heavy atom. The summed E-state index contributed by atoms with van der Waals surface area (Å²) in [7, 11) is 0. The minimum atomic E-state index is -0.196. The van der Waals surface area contributed by atoms with Gasteiger partial charge in [0.05, 0.1) is 6.10 Å². The molecule has 2 N–H and O–H groups in total. The van der Waals surface area contributed by atoms with E-state index in [-0.39, 0.29) is 6.10 Å². The predicted octanol–water partition coefficient (Wildman–Crippen LogP) is 1.53. The molecule has 1 saturated heterocycles. The molecule has 0 saturated carbocycles. The second-order valence-corrected chi connectivity index (χ2v) is 5.82. The zero-order valence-electron chi connectivity index (χ0n) is 14.1. The van der Waals surface area contributed by atoms with Crippen molar-refractivity contribution in [3.63, 3.8) is 0 Å². The van der Waals surface area contributed by atoms with E-state index in [1.54, 1.807) is 0 Å². The van der Waals surface area contributed by atoms with Gasteiger partial charge in [-0.15, -0.1) is 0 Å². The molecule has 0 aliphatic carbocycles. The molecule has 0 radical (unpaired) electrons. The van der Waals surface area contributed by atoms with Crippen LogP contribution < -0.4 is 5.32 Å². The lowest BCUT2D eigenvalue weighted by molar-refractivity contribution is 0.187. The number of aliphatic hydroxyl groups excluding tert-OH is 1. The van der Waals surface area contributed by atoms with Crippen LogP contribution in [0.15, 0.2) is 4.99 Å². The van der Waals surface area contributed by atoms with Crippen molar-refractivity contribution in [1.82, 2.24) is 15.1 Å². The molecule has 1 heterocycles. The number of nitrogens with zero attached hydrogens (tertiary/aromatic N) is 3. The van der Waals surface area contributed by atoms with Gasteiger partial charge in [0.25, 0.3) is 0 Å². The predicted molar refractivity (Wildman–Crippen MR) is 89.8 cm³/mol. The van der Waals surface area contributed by atoms with Crippen LogP contribution in [0.4, 0.5) is 0 Å². The first-order valence-corrected chi connectivity index (χ1v) is 8.64. The number of rotatable bonds is 9. The minimum Gasteiger partial charge on any atom is -0.391 e. The smallest absolute Gasteiger partial charge is 0.194 e. The van der Waals surface area contributed by atoms with E-state index in [0.29, 0.717) is 6.54 Å². The molecule has 0 aromatic carbocycles. The van der Waals surface area contributed by atoms with Gasteiger partial charge in [-0.05, 0) is 52.2 Å². The number of aliphatic imine (C=N–C) groups is 1. The number of likely N-dealkylation sites (tertiary alicyclic amines) is 1. The molecule has 1 aliphatic heterocycles. The molecular formula is C16H34N4O. The standard InChI is InChI=1S/C16H34N4O/c1-4-10-19(11-5-2)12-7-9-18-16(17-6-3)20-13-8-15(21)14-20/h15,21H,4-14H2,1-3H3,(H,17,18)/t15-/m1/s1. The zero-order valence-corrected chi connectivity index (χ0v) is 14.1. The topological polar surface area (TPSA) is 51.1 Å². The Morgan fingerprint density at radius 1 is 1.24 bits per heavy atom. The molecule has 0 aromatic heterocycles. The van der Waals surface area contributed by atoms with Gasteiger partial charge in [-0.2, -0.15) is 0 Å². The average Bonchev–Trinajstić information content (AvgIpc) is 2.89. The number of hydrogen-bond donors (Lipinski definition) is 2. The first-order chi connectivity index (χ1) is 10.2. The summed E-state index contributed by atoms with van der Waals surface area (Å²) < 4.78 is 0. The van der Waals surface area contributed by atoms with Crippen molar-refractivity contribution < 1.29 is 5.11 Å². The average molecular weight is 298 g/mol. The van der Waals surface area contributed by atoms with Crippen LogP contribution in [0.1, 0.15) is 46.5 Å². The molecule has 124 valence electrons. The summed E-state index contributed by atoms with van der Waals surface area (Å²) in [5.74, 6) is 0.964. The molecule has 5 heteroatoms. The first-order valence-electron chi connectivity index (χ1n) is 8.64. The normalized spacial score (nSPS) is 19.6. The van der Waals surface area contributed by atoms with Gasteiger partial charge in [-0.3, -0.25) is 4.99 Å². The summed E-state index contributed by atoms with van der Waals surface area (Å²) in [6, 6.07) is 0. The molecule has 1 aliphatic rings. The molecule has 0 aromatic rings. The van der Waals surface area contributed by atoms with Crippen LogP contribution in [0.5, 0.6) is 0 Å². The molecule has 0 amide bonds. The van der Waals surface area contributed by atoms with Gasteiger partial charge in [0, 0.05) is 26.2 Å². The quantitative estimate of drug-likeness (QED) is 0.385. The van der Waals surface area contributed by atoms with Crippen molar-refractivity contribution >= 4 is 5.96 Å². The van der Waals surface area contributed by atoms with Gasteiger partial charge in [0.2, 0.25) is 0 Å². The largest absolute Gasteiger partial charge is 0.391 e. The second-order valence-electron chi connectivity index (χ2n) is 5.82. The van der Waals surface area contributed by atoms with E-state index in [9.17, 15) is 5.11 Å². The number of β-amino-alcohol motifs (C(OH)–C–C–N with tert-alkyl or cyclic N) is 1. The Labute approximate surface area is 130 Å². The van der Waals surface area contributed by atoms with Gasteiger partial charge < -0.3 is 20.2 Å². The van der Waals surface area contributed by atoms with E-state index < -0.39 is 0 Å². The SMILES string of the molecule is CCCN(CCC)CCCN=C(NCC)N1CC[C@@H](O)C1. The highest BCUT2D eigenvalue weighted by molar-refractivity contribution is 5.80. The highest BCUT2D eigenvalue weighted by atomic mass is 16.3. The summed E-state index contributed by atoms with van der Waals surface area (Å²) in [6.45, 7) is 13.4. The summed E-state index contributed by atoms with van der Waals surface area (Å²) in [5, 5.41) is 13.0. The second kappa shape index (κ2) is 10.9. The molecule has 1 atom stereocenters. The van der Waals surface area contributed by atoms with Crippen LogP contribution in [0.25, 0.3) is 0 Å². The van der Waals surface area contributed by atoms with Crippen molar-refractivity contribution in [3.05, 3.63) is 0 Å². The molecule has 1 fully saturated rings. The molecule has 21 heavy (non-hydrogen) atoms. The fourth-order valence-corrected chi connectivity index (χ4v) is 2.81. The van der Waals surface area contributed by atoms with E-state index in [0.717, 1.165) is 45.0 Å². The van der Waals surface area contributed by atoms with Gasteiger partial charge in [0.1, 0.15) is 0 Å². The Hall–Kier alpha value is -0.810. The number of nitrogens with one attached hydrogen (secondary N) is 1.